The molecule has 0 N–H and O–H groups in total. The van der Waals surface area contributed by atoms with Crippen molar-refractivity contribution in [1.82, 2.24) is 0 Å². The summed E-state index contributed by atoms with van der Waals surface area (Å²) in [6, 6.07) is 0. The number of unbranched alkanes of at least 4 members (excludes halogenated alkanes) is 19. The second kappa shape index (κ2) is 57.4. The molecule has 0 bridgehead atoms. The van der Waals surface area contributed by atoms with E-state index in [1.165, 1.54) is 83.5 Å². The summed E-state index contributed by atoms with van der Waals surface area (Å²) < 4.78 is 16.6. The van der Waals surface area contributed by atoms with Gasteiger partial charge in [-0.3, -0.25) is 14.4 Å². The number of hydrogen-bond acceptors (Lipinski definition) is 6. The molecule has 0 radical (unpaired) electrons. The summed E-state index contributed by atoms with van der Waals surface area (Å²) in [6.45, 7) is 6.38. The average molecular weight is 970 g/mol. The Labute approximate surface area is 431 Å². The lowest BCUT2D eigenvalue weighted by molar-refractivity contribution is -0.167. The highest BCUT2D eigenvalue weighted by Gasteiger charge is 2.19. The maximum absolute atomic E-state index is 12.8. The molecular weight excluding hydrogens is 865 g/mol. The second-order valence-corrected chi connectivity index (χ2v) is 18.5. The molecule has 0 amide bonds. The fourth-order valence-corrected chi connectivity index (χ4v) is 7.44. The fraction of sp³-hybridized carbons (Fsp3) is 0.641. The van der Waals surface area contributed by atoms with Gasteiger partial charge in [-0.25, -0.2) is 0 Å². The maximum Gasteiger partial charge on any atom is 0.306 e. The smallest absolute Gasteiger partial charge is 0.306 e. The molecule has 396 valence electrons. The molecule has 0 aromatic rings. The highest BCUT2D eigenvalue weighted by atomic mass is 16.6. The van der Waals surface area contributed by atoms with Crippen LogP contribution in [0.3, 0.4) is 0 Å². The molecule has 1 unspecified atom stereocenters. The summed E-state index contributed by atoms with van der Waals surface area (Å²) in [5.74, 6) is -0.985. The van der Waals surface area contributed by atoms with Gasteiger partial charge < -0.3 is 14.2 Å². The molecule has 6 heteroatoms. The van der Waals surface area contributed by atoms with Crippen LogP contribution in [0.15, 0.2) is 122 Å². The lowest BCUT2D eigenvalue weighted by atomic mass is 10.1. The molecule has 0 aromatic heterocycles. The van der Waals surface area contributed by atoms with Crippen LogP contribution < -0.4 is 0 Å². The van der Waals surface area contributed by atoms with Crippen molar-refractivity contribution in [3.8, 4) is 0 Å². The van der Waals surface area contributed by atoms with Crippen molar-refractivity contribution in [1.29, 1.82) is 0 Å². The Morgan fingerprint density at radius 3 is 0.943 bits per heavy atom. The van der Waals surface area contributed by atoms with Crippen LogP contribution in [0.5, 0.6) is 0 Å². The molecule has 0 fully saturated rings. The van der Waals surface area contributed by atoms with Crippen LogP contribution in [-0.2, 0) is 28.6 Å². The molecule has 0 aliphatic rings. The first kappa shape index (κ1) is 65.8. The van der Waals surface area contributed by atoms with Gasteiger partial charge in [-0.2, -0.15) is 0 Å². The Kier molecular flexibility index (Phi) is 54.0. The van der Waals surface area contributed by atoms with Gasteiger partial charge in [0.15, 0.2) is 6.10 Å². The standard InChI is InChI=1S/C64H104O6/c1-4-7-10-13-15-17-19-21-23-25-27-28-29-30-31-32-33-34-35-36-37-39-40-42-44-46-48-51-54-57-63(66)69-60-61(59-68-62(65)56-53-50-12-9-6-3)70-64(67)58-55-52-49-47-45-43-41-38-26-24-22-20-18-16-14-11-8-5-2/h7,10,15,17,21,23-24,26-28,30-31,33-34,36-37,40,42,46,48,61H,4-6,8-9,11-14,16,18-20,22,25,29,32,35,38-39,41,43-45,47,49-60H2,1-3H3/b10-7-,17-15-,23-21-,26-24-,28-27-,31-30-,34-33-,37-36-,42-40-,48-46-. The normalized spacial score (nSPS) is 13.0. The maximum atomic E-state index is 12.8. The van der Waals surface area contributed by atoms with E-state index in [2.05, 4.69) is 142 Å². The zero-order valence-electron chi connectivity index (χ0n) is 45.2. The molecule has 0 heterocycles. The van der Waals surface area contributed by atoms with E-state index in [1.54, 1.807) is 0 Å². The topological polar surface area (TPSA) is 78.9 Å². The number of ether oxygens (including phenoxy) is 3. The van der Waals surface area contributed by atoms with E-state index in [9.17, 15) is 14.4 Å². The van der Waals surface area contributed by atoms with Crippen molar-refractivity contribution in [2.45, 2.75) is 252 Å². The van der Waals surface area contributed by atoms with Crippen LogP contribution in [0.2, 0.25) is 0 Å². The third-order valence-electron chi connectivity index (χ3n) is 11.7. The highest BCUT2D eigenvalue weighted by Crippen LogP contribution is 2.14. The van der Waals surface area contributed by atoms with Gasteiger partial charge in [0, 0.05) is 19.3 Å². The van der Waals surface area contributed by atoms with E-state index in [0.717, 1.165) is 116 Å². The zero-order valence-corrected chi connectivity index (χ0v) is 45.2. The average Bonchev–Trinajstić information content (AvgIpc) is 3.36. The van der Waals surface area contributed by atoms with Crippen LogP contribution in [0.4, 0.5) is 0 Å². The highest BCUT2D eigenvalue weighted by molar-refractivity contribution is 5.71. The molecule has 0 aliphatic heterocycles. The van der Waals surface area contributed by atoms with Crippen molar-refractivity contribution >= 4 is 17.9 Å². The van der Waals surface area contributed by atoms with Crippen LogP contribution in [-0.4, -0.2) is 37.2 Å². The van der Waals surface area contributed by atoms with Gasteiger partial charge >= 0.3 is 17.9 Å². The second-order valence-electron chi connectivity index (χ2n) is 18.5. The third-order valence-corrected chi connectivity index (χ3v) is 11.7. The van der Waals surface area contributed by atoms with Gasteiger partial charge in [0.1, 0.15) is 13.2 Å². The van der Waals surface area contributed by atoms with Gasteiger partial charge in [-0.05, 0) is 109 Å². The van der Waals surface area contributed by atoms with Crippen molar-refractivity contribution in [3.63, 3.8) is 0 Å². The van der Waals surface area contributed by atoms with E-state index >= 15 is 0 Å². The Hall–Kier alpha value is -4.19. The fourth-order valence-electron chi connectivity index (χ4n) is 7.44. The summed E-state index contributed by atoms with van der Waals surface area (Å²) >= 11 is 0. The first-order chi connectivity index (χ1) is 34.5. The Morgan fingerprint density at radius 1 is 0.300 bits per heavy atom. The van der Waals surface area contributed by atoms with E-state index in [1.807, 2.05) is 0 Å². The third kappa shape index (κ3) is 54.7. The number of carbonyl (C=O) groups is 3. The molecule has 0 aliphatic carbocycles. The van der Waals surface area contributed by atoms with Gasteiger partial charge in [0.25, 0.3) is 0 Å². The van der Waals surface area contributed by atoms with Crippen LogP contribution in [0.25, 0.3) is 0 Å². The molecule has 0 rings (SSSR count). The van der Waals surface area contributed by atoms with E-state index < -0.39 is 6.10 Å². The number of carbonyl (C=O) groups excluding carboxylic acids is 3. The minimum atomic E-state index is -0.803. The van der Waals surface area contributed by atoms with Gasteiger partial charge in [-0.15, -0.1) is 0 Å². The molecule has 70 heavy (non-hydrogen) atoms. The van der Waals surface area contributed by atoms with Crippen LogP contribution in [0.1, 0.15) is 245 Å². The van der Waals surface area contributed by atoms with Crippen molar-refractivity contribution in [3.05, 3.63) is 122 Å². The molecule has 6 nitrogen and oxygen atoms in total. The predicted octanol–water partition coefficient (Wildman–Crippen LogP) is 19.3. The quantitative estimate of drug-likeness (QED) is 0.0262. The van der Waals surface area contributed by atoms with Crippen molar-refractivity contribution in [2.75, 3.05) is 13.2 Å². The van der Waals surface area contributed by atoms with Gasteiger partial charge in [0.05, 0.1) is 0 Å². The van der Waals surface area contributed by atoms with E-state index in [4.69, 9.17) is 14.2 Å². The first-order valence-corrected chi connectivity index (χ1v) is 28.5. The Bertz CT molecular complexity index is 1490. The molecule has 1 atom stereocenters. The number of allylic oxidation sites excluding steroid dienone is 20. The minimum absolute atomic E-state index is 0.101. The van der Waals surface area contributed by atoms with Crippen LogP contribution >= 0.6 is 0 Å². The summed E-state index contributed by atoms with van der Waals surface area (Å²) in [6.07, 6.45) is 79.5. The molecule has 0 aromatic carbocycles. The lowest BCUT2D eigenvalue weighted by Crippen LogP contribution is -2.30. The summed E-state index contributed by atoms with van der Waals surface area (Å²) in [7, 11) is 0. The summed E-state index contributed by atoms with van der Waals surface area (Å²) in [5.41, 5.74) is 0. The Balaban J connectivity index is 4.24. The minimum Gasteiger partial charge on any atom is -0.462 e. The SMILES string of the molecule is CC/C=C\C/C=C\C/C=C\C/C=C\C/C=C\C/C=C\C/C=C\C/C=C\C/C=C\CCCC(=O)OCC(COC(=O)CCCCCCC)OC(=O)CCCCCCCCC/C=C\CCCCCCCCC. The van der Waals surface area contributed by atoms with E-state index in [-0.39, 0.29) is 37.5 Å². The predicted molar refractivity (Wildman–Crippen MR) is 302 cm³/mol. The van der Waals surface area contributed by atoms with E-state index in [0.29, 0.717) is 19.3 Å². The summed E-state index contributed by atoms with van der Waals surface area (Å²) in [5, 5.41) is 0. The zero-order chi connectivity index (χ0) is 50.7. The van der Waals surface area contributed by atoms with Crippen LogP contribution in [0, 0.1) is 0 Å². The van der Waals surface area contributed by atoms with Gasteiger partial charge in [-0.1, -0.05) is 239 Å². The molecule has 0 spiro atoms. The van der Waals surface area contributed by atoms with Gasteiger partial charge in [0.2, 0.25) is 0 Å². The summed E-state index contributed by atoms with van der Waals surface area (Å²) in [4.78, 5) is 37.7. The van der Waals surface area contributed by atoms with Crippen molar-refractivity contribution in [2.24, 2.45) is 0 Å². The number of rotatable bonds is 50. The molecule has 0 saturated heterocycles. The van der Waals surface area contributed by atoms with Crippen molar-refractivity contribution < 1.29 is 28.6 Å². The molecule has 0 saturated carbocycles. The lowest BCUT2D eigenvalue weighted by Gasteiger charge is -2.18. The monoisotopic (exact) mass is 969 g/mol. The largest absolute Gasteiger partial charge is 0.462 e. The number of esters is 3. The number of hydrogen-bond donors (Lipinski definition) is 0. The Morgan fingerprint density at radius 2 is 0.571 bits per heavy atom. The molecular formula is C64H104O6. The first-order valence-electron chi connectivity index (χ1n) is 28.5.